The van der Waals surface area contributed by atoms with Gasteiger partial charge in [-0.05, 0) is 120 Å². The lowest BCUT2D eigenvalue weighted by Gasteiger charge is -2.22. The molecule has 2 aliphatic rings. The normalized spacial score (nSPS) is 17.1. The highest BCUT2D eigenvalue weighted by Gasteiger charge is 2.29. The first-order valence-corrected chi connectivity index (χ1v) is 13.3. The average Bonchev–Trinajstić information content (AvgIpc) is 3.10. The number of benzene rings is 3. The smallest absolute Gasteiger partial charge is 0.00208 e. The van der Waals surface area contributed by atoms with E-state index in [0.717, 1.165) is 0 Å². The fourth-order valence-electron chi connectivity index (χ4n) is 6.65. The monoisotopic (exact) mass is 424 g/mol. The van der Waals surface area contributed by atoms with Gasteiger partial charge in [-0.2, -0.15) is 0 Å². The molecular weight excluding hydrogens is 384 g/mol. The third-order valence-electron chi connectivity index (χ3n) is 8.54. The van der Waals surface area contributed by atoms with Gasteiger partial charge in [-0.15, -0.1) is 0 Å². The van der Waals surface area contributed by atoms with E-state index in [2.05, 4.69) is 52.0 Å². The SMILES string of the molecule is Cc1c(C)c2c3c(c1CCCCCCCCCCCC2)-c1ccc(C)c2c(C)ccc-3c12. The maximum Gasteiger partial charge on any atom is -0.00208 e. The van der Waals surface area contributed by atoms with Crippen LogP contribution in [0.25, 0.3) is 33.0 Å². The highest BCUT2D eigenvalue weighted by molar-refractivity contribution is 6.18. The van der Waals surface area contributed by atoms with Gasteiger partial charge < -0.3 is 0 Å². The molecule has 0 fully saturated rings. The summed E-state index contributed by atoms with van der Waals surface area (Å²) in [6.45, 7) is 9.41. The molecule has 0 heterocycles. The molecule has 0 nitrogen and oxygen atoms in total. The van der Waals surface area contributed by atoms with Crippen LogP contribution in [0.2, 0.25) is 0 Å². The Morgan fingerprint density at radius 1 is 0.438 bits per heavy atom. The van der Waals surface area contributed by atoms with Crippen molar-refractivity contribution in [3.63, 3.8) is 0 Å². The molecular formula is C32H40. The zero-order chi connectivity index (χ0) is 22.2. The molecule has 0 N–H and O–H groups in total. The van der Waals surface area contributed by atoms with Gasteiger partial charge in [-0.3, -0.25) is 0 Å². The standard InChI is InChI=1S/C32H40/c1-21-17-19-27-30-25-15-13-11-9-7-5-6-8-10-12-14-16-26(24(4)23(25)3)31(30)28-20-18-22(2)29(21)32(27)28/h17-20H,5-16H2,1-4H3. The minimum Gasteiger partial charge on any atom is -0.0581 e. The van der Waals surface area contributed by atoms with Crippen molar-refractivity contribution in [1.29, 1.82) is 0 Å². The van der Waals surface area contributed by atoms with E-state index in [1.54, 1.807) is 33.4 Å². The summed E-state index contributed by atoms with van der Waals surface area (Å²) in [5.74, 6) is 0. The van der Waals surface area contributed by atoms with E-state index in [1.165, 1.54) is 110 Å². The summed E-state index contributed by atoms with van der Waals surface area (Å²) in [5.41, 5.74) is 15.5. The van der Waals surface area contributed by atoms with E-state index >= 15 is 0 Å². The Balaban J connectivity index is 1.72. The van der Waals surface area contributed by atoms with Gasteiger partial charge in [0.2, 0.25) is 0 Å². The Kier molecular flexibility index (Phi) is 6.15. The Hall–Kier alpha value is -2.08. The van der Waals surface area contributed by atoms with Gasteiger partial charge in [0.15, 0.2) is 0 Å². The molecule has 2 aliphatic carbocycles. The number of rotatable bonds is 0. The van der Waals surface area contributed by atoms with Crippen molar-refractivity contribution in [1.82, 2.24) is 0 Å². The first-order valence-electron chi connectivity index (χ1n) is 13.3. The summed E-state index contributed by atoms with van der Waals surface area (Å²) < 4.78 is 0. The third-order valence-corrected chi connectivity index (χ3v) is 8.54. The summed E-state index contributed by atoms with van der Waals surface area (Å²) in [4.78, 5) is 0. The van der Waals surface area contributed by atoms with Crippen LogP contribution in [-0.4, -0.2) is 0 Å². The molecule has 168 valence electrons. The molecule has 0 saturated heterocycles. The zero-order valence-electron chi connectivity index (χ0n) is 20.8. The summed E-state index contributed by atoms with van der Waals surface area (Å²) in [6, 6.07) is 9.61. The number of aryl methyl sites for hydroxylation is 2. The third kappa shape index (κ3) is 3.60. The lowest BCUT2D eigenvalue weighted by Crippen LogP contribution is -2.04. The molecule has 3 aromatic rings. The van der Waals surface area contributed by atoms with Gasteiger partial charge in [0.25, 0.3) is 0 Å². The zero-order valence-corrected chi connectivity index (χ0v) is 20.8. The summed E-state index contributed by atoms with van der Waals surface area (Å²) in [5, 5.41) is 3.03. The van der Waals surface area contributed by atoms with Gasteiger partial charge in [-0.25, -0.2) is 0 Å². The Bertz CT molecular complexity index is 1070. The molecule has 0 spiro atoms. The van der Waals surface area contributed by atoms with Crippen molar-refractivity contribution < 1.29 is 0 Å². The van der Waals surface area contributed by atoms with Crippen LogP contribution in [0.5, 0.6) is 0 Å². The van der Waals surface area contributed by atoms with Crippen LogP contribution in [0.1, 0.15) is 97.6 Å². The second kappa shape index (κ2) is 9.05. The van der Waals surface area contributed by atoms with Crippen LogP contribution >= 0.6 is 0 Å². The van der Waals surface area contributed by atoms with Gasteiger partial charge in [-0.1, -0.05) is 75.6 Å². The van der Waals surface area contributed by atoms with Crippen LogP contribution in [-0.2, 0) is 12.8 Å². The van der Waals surface area contributed by atoms with Crippen LogP contribution in [0.15, 0.2) is 24.3 Å². The molecule has 0 amide bonds. The molecule has 5 rings (SSSR count). The highest BCUT2D eigenvalue weighted by Crippen LogP contribution is 2.53. The van der Waals surface area contributed by atoms with Gasteiger partial charge in [0.1, 0.15) is 0 Å². The van der Waals surface area contributed by atoms with E-state index in [0.29, 0.717) is 0 Å². The Morgan fingerprint density at radius 3 is 1.22 bits per heavy atom. The molecule has 0 aromatic heterocycles. The summed E-state index contributed by atoms with van der Waals surface area (Å²) >= 11 is 0. The molecule has 0 saturated carbocycles. The number of hydrogen-bond donors (Lipinski definition) is 0. The molecule has 0 radical (unpaired) electrons. The van der Waals surface area contributed by atoms with E-state index in [4.69, 9.17) is 0 Å². The molecule has 0 heteroatoms. The molecule has 2 bridgehead atoms. The van der Waals surface area contributed by atoms with Crippen molar-refractivity contribution >= 4 is 10.8 Å². The maximum atomic E-state index is 2.44. The van der Waals surface area contributed by atoms with Crippen LogP contribution < -0.4 is 0 Å². The predicted molar refractivity (Wildman–Crippen MR) is 141 cm³/mol. The van der Waals surface area contributed by atoms with Crippen molar-refractivity contribution in [2.45, 2.75) is 105 Å². The van der Waals surface area contributed by atoms with Crippen molar-refractivity contribution in [2.24, 2.45) is 0 Å². The molecule has 32 heavy (non-hydrogen) atoms. The lowest BCUT2D eigenvalue weighted by atomic mass is 9.82. The minimum absolute atomic E-state index is 1.23. The fourth-order valence-corrected chi connectivity index (χ4v) is 6.65. The summed E-state index contributed by atoms with van der Waals surface area (Å²) in [7, 11) is 0. The number of hydrogen-bond acceptors (Lipinski definition) is 0. The molecule has 0 atom stereocenters. The summed E-state index contributed by atoms with van der Waals surface area (Å²) in [6.07, 6.45) is 16.4. The second-order valence-electron chi connectivity index (χ2n) is 10.6. The van der Waals surface area contributed by atoms with Crippen molar-refractivity contribution in [3.8, 4) is 22.3 Å². The highest BCUT2D eigenvalue weighted by atomic mass is 14.3. The van der Waals surface area contributed by atoms with E-state index < -0.39 is 0 Å². The maximum absolute atomic E-state index is 2.44. The Labute approximate surface area is 195 Å². The quantitative estimate of drug-likeness (QED) is 0.263. The average molecular weight is 425 g/mol. The van der Waals surface area contributed by atoms with Gasteiger partial charge >= 0.3 is 0 Å². The molecule has 0 unspecified atom stereocenters. The lowest BCUT2D eigenvalue weighted by molar-refractivity contribution is 0.550. The van der Waals surface area contributed by atoms with Gasteiger partial charge in [0, 0.05) is 0 Å². The minimum atomic E-state index is 1.23. The van der Waals surface area contributed by atoms with Crippen LogP contribution in [0.4, 0.5) is 0 Å². The molecule has 0 aliphatic heterocycles. The topological polar surface area (TPSA) is 0 Å². The van der Waals surface area contributed by atoms with Crippen LogP contribution in [0, 0.1) is 27.7 Å². The fraction of sp³-hybridized carbons (Fsp3) is 0.500. The van der Waals surface area contributed by atoms with Crippen molar-refractivity contribution in [2.75, 3.05) is 0 Å². The predicted octanol–water partition coefficient (Wildman–Crippen LogP) is 9.72. The first kappa shape index (κ1) is 21.7. The second-order valence-corrected chi connectivity index (χ2v) is 10.6. The van der Waals surface area contributed by atoms with Crippen molar-refractivity contribution in [3.05, 3.63) is 57.6 Å². The van der Waals surface area contributed by atoms with Crippen LogP contribution in [0.3, 0.4) is 0 Å². The largest absolute Gasteiger partial charge is 0.0581 e. The first-order chi connectivity index (χ1) is 15.6. The molecule has 3 aromatic carbocycles. The van der Waals surface area contributed by atoms with E-state index in [1.807, 2.05) is 0 Å². The Morgan fingerprint density at radius 2 is 0.812 bits per heavy atom. The van der Waals surface area contributed by atoms with E-state index in [-0.39, 0.29) is 0 Å². The van der Waals surface area contributed by atoms with E-state index in [9.17, 15) is 0 Å². The van der Waals surface area contributed by atoms with Gasteiger partial charge in [0.05, 0.1) is 0 Å².